The summed E-state index contributed by atoms with van der Waals surface area (Å²) in [4.78, 5) is 2.35. The van der Waals surface area contributed by atoms with Gasteiger partial charge in [0.15, 0.2) is 0 Å². The SMILES string of the molecule is CC1(C)c2ccccc2-c2cc(-c3ccc(-c4ccc(N(c5ccc(-c6cccc7c6oc6ccccc67)cc5)c5cccc(-c6ccccc6)c5)cc4)cc3)ccc21. The zero-order valence-electron chi connectivity index (χ0n) is 33.1. The summed E-state index contributed by atoms with van der Waals surface area (Å²) in [6.45, 7) is 4.67. The van der Waals surface area contributed by atoms with E-state index in [1.54, 1.807) is 0 Å². The smallest absolute Gasteiger partial charge is 0.143 e. The molecule has 0 fully saturated rings. The lowest BCUT2D eigenvalue weighted by atomic mass is 9.82. The van der Waals surface area contributed by atoms with Gasteiger partial charge in [-0.15, -0.1) is 0 Å². The maximum absolute atomic E-state index is 6.41. The summed E-state index contributed by atoms with van der Waals surface area (Å²) in [5.74, 6) is 0. The number of furan rings is 1. The molecule has 2 nitrogen and oxygen atoms in total. The van der Waals surface area contributed by atoms with Gasteiger partial charge in [0.05, 0.1) is 0 Å². The molecule has 0 spiro atoms. The van der Waals surface area contributed by atoms with Crippen LogP contribution in [-0.2, 0) is 5.41 Å². The number of rotatable bonds is 7. The molecule has 59 heavy (non-hydrogen) atoms. The fourth-order valence-corrected chi connectivity index (χ4v) is 9.22. The molecule has 1 aromatic heterocycles. The van der Waals surface area contributed by atoms with Crippen LogP contribution in [0, 0.1) is 0 Å². The van der Waals surface area contributed by atoms with Crippen molar-refractivity contribution >= 4 is 39.0 Å². The zero-order chi connectivity index (χ0) is 39.5. The lowest BCUT2D eigenvalue weighted by Gasteiger charge is -2.26. The molecule has 280 valence electrons. The van der Waals surface area contributed by atoms with E-state index in [0.717, 1.165) is 50.1 Å². The van der Waals surface area contributed by atoms with Gasteiger partial charge in [-0.3, -0.25) is 0 Å². The van der Waals surface area contributed by atoms with Crippen LogP contribution in [0.1, 0.15) is 25.0 Å². The number of fused-ring (bicyclic) bond motifs is 6. The molecule has 0 radical (unpaired) electrons. The summed E-state index contributed by atoms with van der Waals surface area (Å²) in [5, 5.41) is 2.27. The van der Waals surface area contributed by atoms with E-state index in [1.165, 1.54) is 55.6 Å². The van der Waals surface area contributed by atoms with Crippen LogP contribution in [-0.4, -0.2) is 0 Å². The van der Waals surface area contributed by atoms with Crippen molar-refractivity contribution < 1.29 is 4.42 Å². The number of para-hydroxylation sites is 2. The third-order valence-electron chi connectivity index (χ3n) is 12.3. The molecule has 11 rings (SSSR count). The molecule has 10 aromatic rings. The Hall–Kier alpha value is -7.42. The number of anilines is 3. The van der Waals surface area contributed by atoms with Gasteiger partial charge in [-0.1, -0.05) is 178 Å². The number of nitrogens with zero attached hydrogens (tertiary/aromatic N) is 1. The van der Waals surface area contributed by atoms with Crippen LogP contribution in [0.3, 0.4) is 0 Å². The van der Waals surface area contributed by atoms with Crippen LogP contribution >= 0.6 is 0 Å². The monoisotopic (exact) mass is 755 g/mol. The molecule has 0 atom stereocenters. The first-order valence-corrected chi connectivity index (χ1v) is 20.4. The van der Waals surface area contributed by atoms with Gasteiger partial charge in [-0.05, 0) is 110 Å². The largest absolute Gasteiger partial charge is 0.455 e. The van der Waals surface area contributed by atoms with Gasteiger partial charge in [0.2, 0.25) is 0 Å². The third-order valence-corrected chi connectivity index (χ3v) is 12.3. The van der Waals surface area contributed by atoms with Crippen LogP contribution in [0.25, 0.3) is 77.6 Å². The van der Waals surface area contributed by atoms with Gasteiger partial charge in [-0.25, -0.2) is 0 Å². The second kappa shape index (κ2) is 13.9. The summed E-state index contributed by atoms with van der Waals surface area (Å²) in [5.41, 5.74) is 20.0. The van der Waals surface area contributed by atoms with Crippen molar-refractivity contribution in [3.8, 4) is 55.6 Å². The fourth-order valence-electron chi connectivity index (χ4n) is 9.22. The normalized spacial score (nSPS) is 12.7. The molecular weight excluding hydrogens is 715 g/mol. The number of hydrogen-bond donors (Lipinski definition) is 0. The van der Waals surface area contributed by atoms with Crippen LogP contribution in [0.4, 0.5) is 17.1 Å². The minimum Gasteiger partial charge on any atom is -0.455 e. The van der Waals surface area contributed by atoms with Gasteiger partial charge in [0, 0.05) is 38.8 Å². The predicted molar refractivity (Wildman–Crippen MR) is 248 cm³/mol. The summed E-state index contributed by atoms with van der Waals surface area (Å²) in [7, 11) is 0. The van der Waals surface area contributed by atoms with Crippen LogP contribution in [0.15, 0.2) is 217 Å². The highest BCUT2D eigenvalue weighted by molar-refractivity contribution is 6.09. The molecule has 0 amide bonds. The van der Waals surface area contributed by atoms with Crippen LogP contribution in [0.5, 0.6) is 0 Å². The Morgan fingerprint density at radius 2 is 0.847 bits per heavy atom. The van der Waals surface area contributed by atoms with Crippen molar-refractivity contribution in [3.63, 3.8) is 0 Å². The van der Waals surface area contributed by atoms with Crippen LogP contribution < -0.4 is 4.90 Å². The molecule has 0 N–H and O–H groups in total. The summed E-state index contributed by atoms with van der Waals surface area (Å²) >= 11 is 0. The minimum atomic E-state index is 0.00953. The summed E-state index contributed by atoms with van der Waals surface area (Å²) < 4.78 is 6.41. The zero-order valence-corrected chi connectivity index (χ0v) is 33.1. The Balaban J connectivity index is 0.928. The molecule has 0 saturated heterocycles. The van der Waals surface area contributed by atoms with E-state index in [4.69, 9.17) is 4.42 Å². The Morgan fingerprint density at radius 1 is 0.339 bits per heavy atom. The van der Waals surface area contributed by atoms with E-state index in [9.17, 15) is 0 Å². The first kappa shape index (κ1) is 34.8. The van der Waals surface area contributed by atoms with Gasteiger partial charge in [0.25, 0.3) is 0 Å². The summed E-state index contributed by atoms with van der Waals surface area (Å²) in [6, 6.07) is 76.7. The Morgan fingerprint density at radius 3 is 1.61 bits per heavy atom. The molecule has 0 saturated carbocycles. The lowest BCUT2D eigenvalue weighted by Crippen LogP contribution is -2.14. The Bertz CT molecular complexity index is 3150. The van der Waals surface area contributed by atoms with Crippen molar-refractivity contribution in [1.29, 1.82) is 0 Å². The maximum Gasteiger partial charge on any atom is 0.143 e. The second-order valence-corrected chi connectivity index (χ2v) is 16.1. The molecular formula is C57H41NO. The molecule has 0 bridgehead atoms. The van der Waals surface area contributed by atoms with Crippen molar-refractivity contribution in [2.75, 3.05) is 4.90 Å². The van der Waals surface area contributed by atoms with E-state index in [-0.39, 0.29) is 5.41 Å². The van der Waals surface area contributed by atoms with Crippen molar-refractivity contribution in [2.24, 2.45) is 0 Å². The number of benzene rings is 9. The average Bonchev–Trinajstić information content (AvgIpc) is 3.79. The molecule has 1 aliphatic carbocycles. The first-order valence-electron chi connectivity index (χ1n) is 20.4. The highest BCUT2D eigenvalue weighted by Crippen LogP contribution is 2.49. The highest BCUT2D eigenvalue weighted by Gasteiger charge is 2.35. The van der Waals surface area contributed by atoms with Gasteiger partial charge in [0.1, 0.15) is 11.2 Å². The molecule has 0 unspecified atom stereocenters. The molecule has 2 heteroatoms. The molecule has 1 aliphatic rings. The lowest BCUT2D eigenvalue weighted by molar-refractivity contribution is 0.660. The van der Waals surface area contributed by atoms with E-state index in [2.05, 4.69) is 219 Å². The van der Waals surface area contributed by atoms with E-state index in [1.807, 2.05) is 12.1 Å². The highest BCUT2D eigenvalue weighted by atomic mass is 16.3. The maximum atomic E-state index is 6.41. The average molecular weight is 756 g/mol. The fraction of sp³-hybridized carbons (Fsp3) is 0.0526. The molecule has 1 heterocycles. The topological polar surface area (TPSA) is 16.4 Å². The first-order chi connectivity index (χ1) is 29.0. The van der Waals surface area contributed by atoms with Gasteiger partial charge >= 0.3 is 0 Å². The van der Waals surface area contributed by atoms with Crippen molar-refractivity contribution in [1.82, 2.24) is 0 Å². The molecule has 0 aliphatic heterocycles. The predicted octanol–water partition coefficient (Wildman–Crippen LogP) is 16.0. The Labute approximate surface area is 345 Å². The van der Waals surface area contributed by atoms with E-state index in [0.29, 0.717) is 0 Å². The number of hydrogen-bond acceptors (Lipinski definition) is 2. The minimum absolute atomic E-state index is 0.00953. The Kier molecular flexibility index (Phi) is 8.20. The van der Waals surface area contributed by atoms with Crippen molar-refractivity contribution in [2.45, 2.75) is 19.3 Å². The van der Waals surface area contributed by atoms with E-state index < -0.39 is 0 Å². The summed E-state index contributed by atoms with van der Waals surface area (Å²) in [6.07, 6.45) is 0. The second-order valence-electron chi connectivity index (χ2n) is 16.1. The van der Waals surface area contributed by atoms with Gasteiger partial charge < -0.3 is 9.32 Å². The van der Waals surface area contributed by atoms with Crippen molar-refractivity contribution in [3.05, 3.63) is 223 Å². The quantitative estimate of drug-likeness (QED) is 0.161. The van der Waals surface area contributed by atoms with Crippen LogP contribution in [0.2, 0.25) is 0 Å². The third kappa shape index (κ3) is 5.96. The standard InChI is InChI=1S/C57H41NO/c1-57(2)53-20-8-6-16-49(53)52-37-44(30-35-54(52)57)41-24-22-39(23-25-41)40-26-31-45(32-27-40)58(47-15-10-14-43(36-47)38-12-4-3-5-13-38)46-33-28-42(29-34-46)48-18-11-19-51-50-17-7-9-21-55(50)59-56(48)51/h3-37H,1-2H3. The molecule has 9 aromatic carbocycles. The van der Waals surface area contributed by atoms with Gasteiger partial charge in [-0.2, -0.15) is 0 Å². The van der Waals surface area contributed by atoms with E-state index >= 15 is 0 Å².